The van der Waals surface area contributed by atoms with E-state index in [1.54, 1.807) is 19.1 Å². The third-order valence-electron chi connectivity index (χ3n) is 4.78. The van der Waals surface area contributed by atoms with Crippen molar-refractivity contribution in [2.24, 2.45) is 0 Å². The monoisotopic (exact) mass is 406 g/mol. The van der Waals surface area contributed by atoms with Crippen molar-refractivity contribution < 1.29 is 28.3 Å². The number of nitrogens with one attached hydrogen (secondary N) is 1. The van der Waals surface area contributed by atoms with Gasteiger partial charge in [-0.1, -0.05) is 30.3 Å². The molecule has 0 saturated carbocycles. The lowest BCUT2D eigenvalue weighted by atomic mass is 10.1. The summed E-state index contributed by atoms with van der Waals surface area (Å²) in [5, 5.41) is 3.60. The zero-order valence-corrected chi connectivity index (χ0v) is 16.1. The molecule has 0 bridgehead atoms. The van der Waals surface area contributed by atoms with Crippen molar-refractivity contribution in [1.29, 1.82) is 0 Å². The van der Waals surface area contributed by atoms with Crippen LogP contribution in [0, 0.1) is 0 Å². The molecule has 4 rings (SSSR count). The van der Waals surface area contributed by atoms with Crippen molar-refractivity contribution in [1.82, 2.24) is 10.2 Å². The fraction of sp³-hybridized carbons (Fsp3) is 0.182. The highest BCUT2D eigenvalue weighted by Gasteiger charge is 2.36. The molecule has 0 fully saturated rings. The molecule has 1 aromatic heterocycles. The number of para-hydroxylation sites is 1. The second-order valence-electron chi connectivity index (χ2n) is 6.88. The maximum absolute atomic E-state index is 12.3. The summed E-state index contributed by atoms with van der Waals surface area (Å²) in [6.07, 6.45) is 0. The number of imide groups is 1. The second kappa shape index (κ2) is 7.82. The number of carbonyl (C=O) groups is 4. The van der Waals surface area contributed by atoms with Crippen molar-refractivity contribution in [2.75, 3.05) is 13.2 Å². The highest BCUT2D eigenvalue weighted by molar-refractivity contribution is 6.22. The van der Waals surface area contributed by atoms with E-state index in [2.05, 4.69) is 5.32 Å². The standard InChI is InChI=1S/C22H18N2O6/c1-13(18-10-14-6-2-5-9-17(14)30-18)23-19(25)12-29-20(26)11-24-21(27)15-7-3-4-8-16(15)22(24)28/h2-10,13H,11-12H2,1H3,(H,23,25)/t13-/m1/s1. The molecule has 3 aromatic rings. The summed E-state index contributed by atoms with van der Waals surface area (Å²) < 4.78 is 10.6. The van der Waals surface area contributed by atoms with Gasteiger partial charge in [0.2, 0.25) is 0 Å². The molecule has 1 aliphatic rings. The number of esters is 1. The number of ether oxygens (including phenoxy) is 1. The molecule has 1 aliphatic heterocycles. The molecule has 1 atom stereocenters. The molecule has 8 heteroatoms. The number of fused-ring (bicyclic) bond motifs is 2. The van der Waals surface area contributed by atoms with Crippen LogP contribution in [-0.4, -0.2) is 41.7 Å². The van der Waals surface area contributed by atoms with Crippen LogP contribution in [0.4, 0.5) is 0 Å². The summed E-state index contributed by atoms with van der Waals surface area (Å²) in [4.78, 5) is 49.5. The molecule has 0 aliphatic carbocycles. The van der Waals surface area contributed by atoms with E-state index < -0.39 is 42.9 Å². The lowest BCUT2D eigenvalue weighted by Gasteiger charge is -2.14. The average Bonchev–Trinajstić information content (AvgIpc) is 3.28. The minimum absolute atomic E-state index is 0.243. The molecule has 8 nitrogen and oxygen atoms in total. The van der Waals surface area contributed by atoms with Crippen molar-refractivity contribution in [3.05, 3.63) is 71.5 Å². The van der Waals surface area contributed by atoms with Gasteiger partial charge in [-0.05, 0) is 31.2 Å². The van der Waals surface area contributed by atoms with E-state index in [4.69, 9.17) is 9.15 Å². The predicted molar refractivity (Wildman–Crippen MR) is 106 cm³/mol. The normalized spacial score (nSPS) is 14.0. The van der Waals surface area contributed by atoms with E-state index in [1.807, 2.05) is 30.3 Å². The molecule has 2 aromatic carbocycles. The van der Waals surface area contributed by atoms with Crippen LogP contribution in [-0.2, 0) is 14.3 Å². The van der Waals surface area contributed by atoms with Crippen molar-refractivity contribution in [3.63, 3.8) is 0 Å². The van der Waals surface area contributed by atoms with Crippen molar-refractivity contribution >= 4 is 34.7 Å². The number of hydrogen-bond acceptors (Lipinski definition) is 6. The first-order chi connectivity index (χ1) is 14.4. The van der Waals surface area contributed by atoms with Gasteiger partial charge in [0.05, 0.1) is 17.2 Å². The SMILES string of the molecule is C[C@@H](NC(=O)COC(=O)CN1C(=O)c2ccccc2C1=O)c1cc2ccccc2o1. The van der Waals surface area contributed by atoms with Gasteiger partial charge in [0, 0.05) is 5.39 Å². The van der Waals surface area contributed by atoms with Crippen molar-refractivity contribution in [2.45, 2.75) is 13.0 Å². The average molecular weight is 406 g/mol. The van der Waals surface area contributed by atoms with E-state index in [0.29, 0.717) is 11.3 Å². The number of nitrogens with zero attached hydrogens (tertiary/aromatic N) is 1. The fourth-order valence-electron chi connectivity index (χ4n) is 3.27. The smallest absolute Gasteiger partial charge is 0.326 e. The van der Waals surface area contributed by atoms with E-state index >= 15 is 0 Å². The zero-order valence-electron chi connectivity index (χ0n) is 16.1. The topological polar surface area (TPSA) is 106 Å². The van der Waals surface area contributed by atoms with Gasteiger partial charge >= 0.3 is 5.97 Å². The maximum Gasteiger partial charge on any atom is 0.326 e. The molecule has 0 unspecified atom stereocenters. The Morgan fingerprint density at radius 3 is 2.33 bits per heavy atom. The minimum Gasteiger partial charge on any atom is -0.459 e. The first kappa shape index (κ1) is 19.4. The summed E-state index contributed by atoms with van der Waals surface area (Å²) in [5.41, 5.74) is 1.20. The van der Waals surface area contributed by atoms with Gasteiger partial charge in [-0.15, -0.1) is 0 Å². The van der Waals surface area contributed by atoms with E-state index in [0.717, 1.165) is 10.3 Å². The lowest BCUT2D eigenvalue weighted by molar-refractivity contribution is -0.148. The summed E-state index contributed by atoms with van der Waals surface area (Å²) >= 11 is 0. The number of carbonyl (C=O) groups excluding carboxylic acids is 4. The molecule has 3 amide bonds. The number of furan rings is 1. The Labute approximate surface area is 171 Å². The molecular weight excluding hydrogens is 388 g/mol. The fourth-order valence-corrected chi connectivity index (χ4v) is 3.27. The molecule has 30 heavy (non-hydrogen) atoms. The molecule has 0 spiro atoms. The van der Waals surface area contributed by atoms with Crippen LogP contribution >= 0.6 is 0 Å². The number of amides is 3. The summed E-state index contributed by atoms with van der Waals surface area (Å²) in [6, 6.07) is 15.2. The molecule has 1 N–H and O–H groups in total. The van der Waals surface area contributed by atoms with Crippen LogP contribution in [0.2, 0.25) is 0 Å². The van der Waals surface area contributed by atoms with Crippen LogP contribution in [0.25, 0.3) is 11.0 Å². The summed E-state index contributed by atoms with van der Waals surface area (Å²) in [5.74, 6) is -1.93. The third-order valence-corrected chi connectivity index (χ3v) is 4.78. The van der Waals surface area contributed by atoms with Crippen molar-refractivity contribution in [3.8, 4) is 0 Å². The molecule has 152 valence electrons. The number of rotatable bonds is 6. The van der Waals surface area contributed by atoms with Crippen LogP contribution in [0.5, 0.6) is 0 Å². The lowest BCUT2D eigenvalue weighted by Crippen LogP contribution is -2.37. The predicted octanol–water partition coefficient (Wildman–Crippen LogP) is 2.45. The van der Waals surface area contributed by atoms with Crippen LogP contribution < -0.4 is 5.32 Å². The zero-order chi connectivity index (χ0) is 21.3. The van der Waals surface area contributed by atoms with E-state index in [-0.39, 0.29) is 11.1 Å². The van der Waals surface area contributed by atoms with E-state index in [1.165, 1.54) is 12.1 Å². The largest absolute Gasteiger partial charge is 0.459 e. The Bertz CT molecular complexity index is 1100. The van der Waals surface area contributed by atoms with E-state index in [9.17, 15) is 19.2 Å². The first-order valence-electron chi connectivity index (χ1n) is 9.32. The Hall–Kier alpha value is -3.94. The Morgan fingerprint density at radius 1 is 1.03 bits per heavy atom. The molecule has 2 heterocycles. The highest BCUT2D eigenvalue weighted by atomic mass is 16.5. The summed E-state index contributed by atoms with van der Waals surface area (Å²) in [6.45, 7) is 0.654. The molecule has 0 saturated heterocycles. The quantitative estimate of drug-likeness (QED) is 0.498. The molecular formula is C22H18N2O6. The first-order valence-corrected chi connectivity index (χ1v) is 9.32. The maximum atomic E-state index is 12.3. The number of hydrogen-bond donors (Lipinski definition) is 1. The Balaban J connectivity index is 1.29. The second-order valence-corrected chi connectivity index (χ2v) is 6.88. The Kier molecular flexibility index (Phi) is 5.05. The summed E-state index contributed by atoms with van der Waals surface area (Å²) in [7, 11) is 0. The third kappa shape index (κ3) is 3.67. The van der Waals surface area contributed by atoms with Gasteiger partial charge in [-0.25, -0.2) is 0 Å². The van der Waals surface area contributed by atoms with Gasteiger partial charge in [-0.3, -0.25) is 24.1 Å². The van der Waals surface area contributed by atoms with Crippen LogP contribution in [0.15, 0.2) is 59.0 Å². The highest BCUT2D eigenvalue weighted by Crippen LogP contribution is 2.24. The number of benzene rings is 2. The minimum atomic E-state index is -0.851. The van der Waals surface area contributed by atoms with Gasteiger partial charge < -0.3 is 14.5 Å². The van der Waals surface area contributed by atoms with Crippen LogP contribution in [0.1, 0.15) is 39.4 Å². The van der Waals surface area contributed by atoms with Gasteiger partial charge in [0.15, 0.2) is 6.61 Å². The van der Waals surface area contributed by atoms with Gasteiger partial charge in [-0.2, -0.15) is 0 Å². The van der Waals surface area contributed by atoms with Gasteiger partial charge in [0.1, 0.15) is 17.9 Å². The Morgan fingerprint density at radius 2 is 1.67 bits per heavy atom. The van der Waals surface area contributed by atoms with Gasteiger partial charge in [0.25, 0.3) is 17.7 Å². The van der Waals surface area contributed by atoms with Crippen LogP contribution in [0.3, 0.4) is 0 Å². The molecule has 0 radical (unpaired) electrons.